The van der Waals surface area contributed by atoms with Crippen molar-refractivity contribution in [1.29, 1.82) is 0 Å². The summed E-state index contributed by atoms with van der Waals surface area (Å²) in [5, 5.41) is 3.04. The number of nitrogens with two attached hydrogens (primary N) is 1. The molecule has 0 aromatic rings. The standard InChI is InChI=1S/C12H25N3O/c1-9(11(2,3)8-15(4)5)14-10(16)12(13)6-7-12/h9H,6-8,13H2,1-5H3,(H,14,16). The summed E-state index contributed by atoms with van der Waals surface area (Å²) in [4.78, 5) is 14.0. The van der Waals surface area contributed by atoms with Crippen LogP contribution in [-0.4, -0.2) is 43.0 Å². The van der Waals surface area contributed by atoms with Gasteiger partial charge in [0.1, 0.15) is 0 Å². The van der Waals surface area contributed by atoms with Gasteiger partial charge in [-0.05, 0) is 39.3 Å². The first-order chi connectivity index (χ1) is 7.17. The number of carbonyl (C=O) groups excluding carboxylic acids is 1. The molecule has 0 radical (unpaired) electrons. The molecule has 1 amide bonds. The second kappa shape index (κ2) is 4.34. The van der Waals surface area contributed by atoms with Crippen LogP contribution in [0.3, 0.4) is 0 Å². The molecule has 1 aliphatic rings. The van der Waals surface area contributed by atoms with Crippen molar-refractivity contribution in [1.82, 2.24) is 10.2 Å². The fourth-order valence-electron chi connectivity index (χ4n) is 1.85. The fraction of sp³-hybridized carbons (Fsp3) is 0.917. The van der Waals surface area contributed by atoms with E-state index in [1.165, 1.54) is 0 Å². The minimum absolute atomic E-state index is 0.00633. The molecule has 16 heavy (non-hydrogen) atoms. The highest BCUT2D eigenvalue weighted by Gasteiger charge is 2.47. The molecule has 94 valence electrons. The average molecular weight is 227 g/mol. The third-order valence-electron chi connectivity index (χ3n) is 3.48. The van der Waals surface area contributed by atoms with Crippen molar-refractivity contribution < 1.29 is 4.79 Å². The molecule has 3 N–H and O–H groups in total. The van der Waals surface area contributed by atoms with E-state index in [1.807, 2.05) is 21.0 Å². The van der Waals surface area contributed by atoms with E-state index in [0.29, 0.717) is 0 Å². The zero-order valence-corrected chi connectivity index (χ0v) is 11.1. The summed E-state index contributed by atoms with van der Waals surface area (Å²) in [6.45, 7) is 7.31. The SMILES string of the molecule is CC(NC(=O)C1(N)CC1)C(C)(C)CN(C)C. The number of hydrogen-bond acceptors (Lipinski definition) is 3. The second-order valence-electron chi connectivity index (χ2n) is 6.08. The molecule has 0 heterocycles. The molecule has 1 atom stereocenters. The summed E-state index contributed by atoms with van der Waals surface area (Å²) in [6, 6.07) is 0.128. The van der Waals surface area contributed by atoms with Crippen molar-refractivity contribution in [3.63, 3.8) is 0 Å². The van der Waals surface area contributed by atoms with Gasteiger partial charge in [0.2, 0.25) is 5.91 Å². The van der Waals surface area contributed by atoms with E-state index < -0.39 is 5.54 Å². The number of rotatable bonds is 5. The van der Waals surface area contributed by atoms with Gasteiger partial charge in [0.25, 0.3) is 0 Å². The van der Waals surface area contributed by atoms with Gasteiger partial charge in [-0.3, -0.25) is 4.79 Å². The van der Waals surface area contributed by atoms with Crippen LogP contribution < -0.4 is 11.1 Å². The third-order valence-corrected chi connectivity index (χ3v) is 3.48. The Hall–Kier alpha value is -0.610. The van der Waals surface area contributed by atoms with Crippen molar-refractivity contribution in [2.45, 2.75) is 45.2 Å². The zero-order chi connectivity index (χ0) is 12.6. The largest absolute Gasteiger partial charge is 0.351 e. The first-order valence-electron chi connectivity index (χ1n) is 5.92. The van der Waals surface area contributed by atoms with Gasteiger partial charge in [0.05, 0.1) is 5.54 Å². The molecule has 0 saturated heterocycles. The van der Waals surface area contributed by atoms with Crippen LogP contribution in [0.4, 0.5) is 0 Å². The smallest absolute Gasteiger partial charge is 0.240 e. The summed E-state index contributed by atoms with van der Waals surface area (Å²) in [5.41, 5.74) is 5.34. The van der Waals surface area contributed by atoms with Crippen LogP contribution in [0.15, 0.2) is 0 Å². The lowest BCUT2D eigenvalue weighted by atomic mass is 9.84. The Labute approximate surface area is 98.6 Å². The molecule has 1 fully saturated rings. The topological polar surface area (TPSA) is 58.4 Å². The molecular weight excluding hydrogens is 202 g/mol. The van der Waals surface area contributed by atoms with Gasteiger partial charge in [0, 0.05) is 12.6 Å². The van der Waals surface area contributed by atoms with E-state index in [-0.39, 0.29) is 17.4 Å². The van der Waals surface area contributed by atoms with Crippen molar-refractivity contribution in [3.8, 4) is 0 Å². The monoisotopic (exact) mass is 227 g/mol. The summed E-state index contributed by atoms with van der Waals surface area (Å²) in [7, 11) is 4.09. The van der Waals surface area contributed by atoms with Crippen molar-refractivity contribution in [2.75, 3.05) is 20.6 Å². The molecule has 1 rings (SSSR count). The summed E-state index contributed by atoms with van der Waals surface area (Å²) >= 11 is 0. The van der Waals surface area contributed by atoms with Gasteiger partial charge in [-0.25, -0.2) is 0 Å². The number of nitrogens with one attached hydrogen (secondary N) is 1. The van der Waals surface area contributed by atoms with E-state index in [0.717, 1.165) is 19.4 Å². The highest BCUT2D eigenvalue weighted by Crippen LogP contribution is 2.33. The number of hydrogen-bond donors (Lipinski definition) is 2. The van der Waals surface area contributed by atoms with E-state index in [4.69, 9.17) is 5.73 Å². The summed E-state index contributed by atoms with van der Waals surface area (Å²) in [5.74, 6) is 0.00633. The summed E-state index contributed by atoms with van der Waals surface area (Å²) < 4.78 is 0. The highest BCUT2D eigenvalue weighted by atomic mass is 16.2. The Morgan fingerprint density at radius 2 is 2.00 bits per heavy atom. The first-order valence-corrected chi connectivity index (χ1v) is 5.92. The van der Waals surface area contributed by atoms with Crippen LogP contribution in [0.2, 0.25) is 0 Å². The molecule has 0 aromatic heterocycles. The average Bonchev–Trinajstić information content (AvgIpc) is 2.82. The van der Waals surface area contributed by atoms with E-state index >= 15 is 0 Å². The highest BCUT2D eigenvalue weighted by molar-refractivity contribution is 5.89. The lowest BCUT2D eigenvalue weighted by Crippen LogP contribution is -2.52. The second-order valence-corrected chi connectivity index (χ2v) is 6.08. The van der Waals surface area contributed by atoms with Gasteiger partial charge < -0.3 is 16.0 Å². The lowest BCUT2D eigenvalue weighted by Gasteiger charge is -2.35. The maximum Gasteiger partial charge on any atom is 0.240 e. The van der Waals surface area contributed by atoms with Crippen LogP contribution in [0.1, 0.15) is 33.6 Å². The van der Waals surface area contributed by atoms with Gasteiger partial charge in [-0.2, -0.15) is 0 Å². The molecule has 4 heteroatoms. The molecule has 0 aliphatic heterocycles. The maximum absolute atomic E-state index is 11.8. The minimum Gasteiger partial charge on any atom is -0.351 e. The van der Waals surface area contributed by atoms with Gasteiger partial charge >= 0.3 is 0 Å². The number of carbonyl (C=O) groups is 1. The Balaban J connectivity index is 2.50. The number of amides is 1. The first kappa shape index (κ1) is 13.5. The molecule has 0 spiro atoms. The molecule has 0 bridgehead atoms. The van der Waals surface area contributed by atoms with Gasteiger partial charge in [-0.1, -0.05) is 13.8 Å². The van der Waals surface area contributed by atoms with Crippen LogP contribution in [0, 0.1) is 5.41 Å². The minimum atomic E-state index is -0.567. The maximum atomic E-state index is 11.8. The molecule has 1 unspecified atom stereocenters. The van der Waals surface area contributed by atoms with Crippen LogP contribution in [-0.2, 0) is 4.79 Å². The lowest BCUT2D eigenvalue weighted by molar-refractivity contribution is -0.124. The third kappa shape index (κ3) is 3.19. The van der Waals surface area contributed by atoms with Crippen molar-refractivity contribution in [3.05, 3.63) is 0 Å². The van der Waals surface area contributed by atoms with Crippen molar-refractivity contribution >= 4 is 5.91 Å². The number of nitrogens with zero attached hydrogens (tertiary/aromatic N) is 1. The predicted octanol–water partition coefficient (Wildman–Crippen LogP) is 0.570. The quantitative estimate of drug-likeness (QED) is 0.722. The normalized spacial score (nSPS) is 20.7. The Kier molecular flexibility index (Phi) is 3.65. The molecule has 4 nitrogen and oxygen atoms in total. The van der Waals surface area contributed by atoms with Crippen LogP contribution >= 0.6 is 0 Å². The van der Waals surface area contributed by atoms with Crippen LogP contribution in [0.5, 0.6) is 0 Å². The Morgan fingerprint density at radius 1 is 1.50 bits per heavy atom. The Bertz CT molecular complexity index is 269. The molecular formula is C12H25N3O. The fourth-order valence-corrected chi connectivity index (χ4v) is 1.85. The van der Waals surface area contributed by atoms with E-state index in [9.17, 15) is 4.79 Å². The molecule has 1 saturated carbocycles. The summed E-state index contributed by atoms with van der Waals surface area (Å²) in [6.07, 6.45) is 1.64. The van der Waals surface area contributed by atoms with Gasteiger partial charge in [0.15, 0.2) is 0 Å². The predicted molar refractivity (Wildman–Crippen MR) is 66.1 cm³/mol. The zero-order valence-electron chi connectivity index (χ0n) is 11.1. The van der Waals surface area contributed by atoms with E-state index in [1.54, 1.807) is 0 Å². The Morgan fingerprint density at radius 3 is 2.38 bits per heavy atom. The van der Waals surface area contributed by atoms with Crippen LogP contribution in [0.25, 0.3) is 0 Å². The molecule has 0 aromatic carbocycles. The molecule has 1 aliphatic carbocycles. The van der Waals surface area contributed by atoms with Crippen molar-refractivity contribution in [2.24, 2.45) is 11.1 Å². The van der Waals surface area contributed by atoms with E-state index in [2.05, 4.69) is 24.1 Å². The van der Waals surface area contributed by atoms with Gasteiger partial charge in [-0.15, -0.1) is 0 Å².